The molecule has 0 aliphatic heterocycles. The van der Waals surface area contributed by atoms with E-state index in [1.54, 1.807) is 7.11 Å². The number of nitrogens with zero attached hydrogens (tertiary/aromatic N) is 1. The van der Waals surface area contributed by atoms with Gasteiger partial charge in [0, 0.05) is 0 Å². The van der Waals surface area contributed by atoms with E-state index in [1.807, 2.05) is 91.9 Å². The summed E-state index contributed by atoms with van der Waals surface area (Å²) in [7, 11) is 1.63. The molecule has 0 heterocycles. The maximum absolute atomic E-state index is 12.9. The molecule has 4 nitrogen and oxygen atoms in total. The fraction of sp³-hybridized carbons (Fsp3) is 0.130. The van der Waals surface area contributed by atoms with Crippen LogP contribution in [0.5, 0.6) is 5.75 Å². The second-order valence-corrected chi connectivity index (χ2v) is 6.16. The van der Waals surface area contributed by atoms with Crippen molar-refractivity contribution in [2.45, 2.75) is 12.8 Å². The Balaban J connectivity index is 1.82. The molecule has 136 valence electrons. The Morgan fingerprint density at radius 3 is 1.85 bits per heavy atom. The van der Waals surface area contributed by atoms with Crippen LogP contribution < -0.4 is 10.2 Å². The van der Waals surface area contributed by atoms with Crippen molar-refractivity contribution in [1.29, 1.82) is 0 Å². The average molecular weight is 358 g/mol. The highest BCUT2D eigenvalue weighted by Gasteiger charge is 2.22. The lowest BCUT2D eigenvalue weighted by Crippen LogP contribution is -2.27. The lowest BCUT2D eigenvalue weighted by molar-refractivity contribution is -0.121. The van der Waals surface area contributed by atoms with Gasteiger partial charge in [0.2, 0.25) is 0 Å². The predicted molar refractivity (Wildman–Crippen MR) is 108 cm³/mol. The largest absolute Gasteiger partial charge is 0.497 e. The number of carbonyl (C=O) groups excluding carboxylic acids is 1. The molecule has 0 radical (unpaired) electrons. The zero-order valence-corrected chi connectivity index (χ0v) is 15.4. The van der Waals surface area contributed by atoms with Crippen LogP contribution in [0.3, 0.4) is 0 Å². The summed E-state index contributed by atoms with van der Waals surface area (Å²) in [5.41, 5.74) is 6.23. The molecule has 27 heavy (non-hydrogen) atoms. The van der Waals surface area contributed by atoms with E-state index < -0.39 is 5.92 Å². The fourth-order valence-electron chi connectivity index (χ4n) is 2.89. The second-order valence-electron chi connectivity index (χ2n) is 6.16. The highest BCUT2D eigenvalue weighted by atomic mass is 16.5. The minimum absolute atomic E-state index is 0.166. The summed E-state index contributed by atoms with van der Waals surface area (Å²) < 4.78 is 5.17. The molecule has 1 amide bonds. The van der Waals surface area contributed by atoms with Crippen molar-refractivity contribution in [3.05, 3.63) is 102 Å². The molecule has 0 saturated heterocycles. The van der Waals surface area contributed by atoms with Crippen molar-refractivity contribution < 1.29 is 9.53 Å². The average Bonchev–Trinajstić information content (AvgIpc) is 2.74. The standard InChI is InChI=1S/C23H22N2O2/c1-17(18-13-15-21(27-2)16-14-18)24-25-23(26)22(19-9-5-3-6-10-19)20-11-7-4-8-12-20/h3-16,22H,1-2H3,(H,25,26)/b24-17+. The molecule has 0 fully saturated rings. The first-order valence-corrected chi connectivity index (χ1v) is 8.77. The van der Waals surface area contributed by atoms with Crippen LogP contribution in [0.1, 0.15) is 29.5 Å². The molecule has 1 N–H and O–H groups in total. The van der Waals surface area contributed by atoms with E-state index >= 15 is 0 Å². The van der Waals surface area contributed by atoms with Gasteiger partial charge >= 0.3 is 0 Å². The second kappa shape index (κ2) is 8.81. The van der Waals surface area contributed by atoms with Crippen LogP contribution in [-0.2, 0) is 4.79 Å². The van der Waals surface area contributed by atoms with E-state index in [1.165, 1.54) is 0 Å². The van der Waals surface area contributed by atoms with Gasteiger partial charge in [0.05, 0.1) is 18.7 Å². The number of rotatable bonds is 6. The van der Waals surface area contributed by atoms with Gasteiger partial charge in [-0.15, -0.1) is 0 Å². The monoisotopic (exact) mass is 358 g/mol. The van der Waals surface area contributed by atoms with E-state index in [4.69, 9.17) is 4.74 Å². The first-order chi connectivity index (χ1) is 13.2. The van der Waals surface area contributed by atoms with Crippen LogP contribution in [0.2, 0.25) is 0 Å². The Bertz CT molecular complexity index is 865. The Hall–Kier alpha value is -3.40. The summed E-state index contributed by atoms with van der Waals surface area (Å²) in [5, 5.41) is 4.30. The number of carbonyl (C=O) groups is 1. The molecule has 0 bridgehead atoms. The number of amides is 1. The van der Waals surface area contributed by atoms with Crippen LogP contribution in [0, 0.1) is 0 Å². The first-order valence-electron chi connectivity index (χ1n) is 8.77. The summed E-state index contributed by atoms with van der Waals surface area (Å²) in [6.45, 7) is 1.86. The van der Waals surface area contributed by atoms with Gasteiger partial charge in [-0.3, -0.25) is 4.79 Å². The summed E-state index contributed by atoms with van der Waals surface area (Å²) >= 11 is 0. The molecule has 4 heteroatoms. The van der Waals surface area contributed by atoms with E-state index in [0.717, 1.165) is 28.2 Å². The zero-order valence-electron chi connectivity index (χ0n) is 15.4. The number of hydrogen-bond acceptors (Lipinski definition) is 3. The van der Waals surface area contributed by atoms with Gasteiger partial charge in [0.15, 0.2) is 0 Å². The molecule has 0 aliphatic carbocycles. The SMILES string of the molecule is COc1ccc(/C(C)=N/NC(=O)C(c2ccccc2)c2ccccc2)cc1. The van der Waals surface area contributed by atoms with Gasteiger partial charge < -0.3 is 4.74 Å². The van der Waals surface area contributed by atoms with Gasteiger partial charge in [0.1, 0.15) is 5.75 Å². The lowest BCUT2D eigenvalue weighted by atomic mass is 9.91. The minimum atomic E-state index is -0.417. The van der Waals surface area contributed by atoms with Crippen molar-refractivity contribution in [2.24, 2.45) is 5.10 Å². The lowest BCUT2D eigenvalue weighted by Gasteiger charge is -2.16. The first kappa shape index (κ1) is 18.4. The fourth-order valence-corrected chi connectivity index (χ4v) is 2.89. The van der Waals surface area contributed by atoms with Crippen LogP contribution >= 0.6 is 0 Å². The number of benzene rings is 3. The quantitative estimate of drug-likeness (QED) is 0.525. The number of hydrazone groups is 1. The van der Waals surface area contributed by atoms with Crippen LogP contribution in [-0.4, -0.2) is 18.7 Å². The van der Waals surface area contributed by atoms with Crippen molar-refractivity contribution in [3.63, 3.8) is 0 Å². The van der Waals surface area contributed by atoms with Crippen molar-refractivity contribution in [1.82, 2.24) is 5.43 Å². The summed E-state index contributed by atoms with van der Waals surface area (Å²) in [5.74, 6) is 0.198. The Kier molecular flexibility index (Phi) is 6.00. The molecule has 0 aliphatic rings. The predicted octanol–water partition coefficient (Wildman–Crippen LogP) is 4.37. The van der Waals surface area contributed by atoms with Gasteiger partial charge in [-0.05, 0) is 47.9 Å². The number of hydrogen-bond donors (Lipinski definition) is 1. The summed E-state index contributed by atoms with van der Waals surface area (Å²) in [6.07, 6.45) is 0. The normalized spacial score (nSPS) is 11.3. The van der Waals surface area contributed by atoms with Crippen molar-refractivity contribution in [3.8, 4) is 5.75 Å². The molecule has 3 rings (SSSR count). The topological polar surface area (TPSA) is 50.7 Å². The summed E-state index contributed by atoms with van der Waals surface area (Å²) in [4.78, 5) is 12.9. The zero-order chi connectivity index (χ0) is 19.1. The maximum atomic E-state index is 12.9. The molecule has 0 unspecified atom stereocenters. The third kappa shape index (κ3) is 4.61. The van der Waals surface area contributed by atoms with Crippen LogP contribution in [0.25, 0.3) is 0 Å². The molecular formula is C23H22N2O2. The molecule has 0 saturated carbocycles. The van der Waals surface area contributed by atoms with Gasteiger partial charge in [-0.2, -0.15) is 5.10 Å². The Morgan fingerprint density at radius 1 is 0.852 bits per heavy atom. The molecule has 0 spiro atoms. The molecule has 3 aromatic carbocycles. The van der Waals surface area contributed by atoms with Crippen LogP contribution in [0.15, 0.2) is 90.0 Å². The third-order valence-electron chi connectivity index (χ3n) is 4.37. The molecule has 3 aromatic rings. The highest BCUT2D eigenvalue weighted by molar-refractivity contribution is 5.99. The number of nitrogens with one attached hydrogen (secondary N) is 1. The van der Waals surface area contributed by atoms with Gasteiger partial charge in [-0.25, -0.2) is 5.43 Å². The van der Waals surface area contributed by atoms with Crippen LogP contribution in [0.4, 0.5) is 0 Å². The van der Waals surface area contributed by atoms with Gasteiger partial charge in [0.25, 0.3) is 5.91 Å². The van der Waals surface area contributed by atoms with E-state index in [0.29, 0.717) is 0 Å². The van der Waals surface area contributed by atoms with Crippen molar-refractivity contribution >= 4 is 11.6 Å². The highest BCUT2D eigenvalue weighted by Crippen LogP contribution is 2.24. The van der Waals surface area contributed by atoms with E-state index in [-0.39, 0.29) is 5.91 Å². The molecule has 0 aromatic heterocycles. The third-order valence-corrected chi connectivity index (χ3v) is 4.37. The number of ether oxygens (including phenoxy) is 1. The Morgan fingerprint density at radius 2 is 1.37 bits per heavy atom. The smallest absolute Gasteiger partial charge is 0.252 e. The molecular weight excluding hydrogens is 336 g/mol. The maximum Gasteiger partial charge on any atom is 0.252 e. The number of methoxy groups -OCH3 is 1. The minimum Gasteiger partial charge on any atom is -0.497 e. The van der Waals surface area contributed by atoms with E-state index in [9.17, 15) is 4.79 Å². The Labute approximate surface area is 159 Å². The van der Waals surface area contributed by atoms with Gasteiger partial charge in [-0.1, -0.05) is 60.7 Å². The van der Waals surface area contributed by atoms with E-state index in [2.05, 4.69) is 10.5 Å². The van der Waals surface area contributed by atoms with Crippen molar-refractivity contribution in [2.75, 3.05) is 7.11 Å². The molecule has 0 atom stereocenters. The summed E-state index contributed by atoms with van der Waals surface area (Å²) in [6, 6.07) is 27.0.